The lowest BCUT2D eigenvalue weighted by Crippen LogP contribution is -2.51. The number of hydrogen-bond acceptors (Lipinski definition) is 6. The van der Waals surface area contributed by atoms with Crippen molar-refractivity contribution in [3.05, 3.63) is 141 Å². The van der Waals surface area contributed by atoms with Crippen molar-refractivity contribution in [2.24, 2.45) is 5.92 Å². The van der Waals surface area contributed by atoms with Crippen LogP contribution in [-0.4, -0.2) is 34.5 Å². The van der Waals surface area contributed by atoms with Gasteiger partial charge in [-0.2, -0.15) is 0 Å². The quantitative estimate of drug-likeness (QED) is 0.194. The number of anilines is 2. The second kappa shape index (κ2) is 9.31. The van der Waals surface area contributed by atoms with Crippen LogP contribution in [0.1, 0.15) is 31.8 Å². The molecule has 0 aliphatic carbocycles. The molecule has 7 rings (SSSR count). The molecule has 3 aliphatic rings. The van der Waals surface area contributed by atoms with Crippen LogP contribution < -0.4 is 10.2 Å². The van der Waals surface area contributed by atoms with E-state index in [1.165, 1.54) is 36.4 Å². The first kappa shape index (κ1) is 25.5. The molecule has 4 aromatic rings. The first-order valence-corrected chi connectivity index (χ1v) is 13.4. The zero-order valence-corrected chi connectivity index (χ0v) is 21.9. The van der Waals surface area contributed by atoms with Crippen LogP contribution in [0.4, 0.5) is 21.5 Å². The van der Waals surface area contributed by atoms with E-state index in [0.29, 0.717) is 16.9 Å². The van der Waals surface area contributed by atoms with E-state index in [-0.39, 0.29) is 16.8 Å². The van der Waals surface area contributed by atoms with Gasteiger partial charge < -0.3 is 10.2 Å². The summed E-state index contributed by atoms with van der Waals surface area (Å²) in [6.45, 7) is 0. The molecule has 9 heteroatoms. The molecule has 3 heterocycles. The van der Waals surface area contributed by atoms with Crippen LogP contribution in [0.2, 0.25) is 0 Å². The average molecular weight is 560 g/mol. The molecule has 0 bridgehead atoms. The van der Waals surface area contributed by atoms with E-state index in [9.17, 15) is 28.9 Å². The number of carbonyl (C=O) groups excluding carboxylic acids is 3. The first-order chi connectivity index (χ1) is 20.3. The van der Waals surface area contributed by atoms with Gasteiger partial charge in [-0.05, 0) is 47.5 Å². The van der Waals surface area contributed by atoms with Crippen molar-refractivity contribution in [3.63, 3.8) is 0 Å². The van der Waals surface area contributed by atoms with Gasteiger partial charge in [0.05, 0.1) is 16.9 Å². The van der Waals surface area contributed by atoms with Crippen molar-refractivity contribution in [3.8, 4) is 0 Å². The Kier molecular flexibility index (Phi) is 5.65. The number of ketones is 2. The number of halogens is 1. The minimum Gasteiger partial charge on any atom is -0.352 e. The molecule has 0 saturated carbocycles. The maximum atomic E-state index is 14.6. The van der Waals surface area contributed by atoms with Gasteiger partial charge in [0.15, 0.2) is 11.6 Å². The van der Waals surface area contributed by atoms with Crippen molar-refractivity contribution in [1.29, 1.82) is 0 Å². The van der Waals surface area contributed by atoms with Gasteiger partial charge in [-0.1, -0.05) is 60.7 Å². The van der Waals surface area contributed by atoms with Crippen LogP contribution in [0, 0.1) is 21.8 Å². The summed E-state index contributed by atoms with van der Waals surface area (Å²) >= 11 is 0. The minimum absolute atomic E-state index is 0.0423. The SMILES string of the molecule is O=C(c1ccc(F)cc1)[C@@H]1[C@H](C(=O)c2cccc([N+](=O)[O-])c2)N2c3ccccc3C=C[C@H]2[C@@]12C(=O)Nc1ccccc12. The zero-order valence-electron chi connectivity index (χ0n) is 21.9. The number of Topliss-reactive ketones (excluding diaryl/α,β-unsaturated/α-hetero) is 2. The van der Waals surface area contributed by atoms with Crippen molar-refractivity contribution in [2.45, 2.75) is 17.5 Å². The molecule has 1 amide bonds. The monoisotopic (exact) mass is 559 g/mol. The Bertz CT molecular complexity index is 1850. The molecule has 0 aromatic heterocycles. The molecule has 42 heavy (non-hydrogen) atoms. The fourth-order valence-electron chi connectivity index (χ4n) is 6.86. The zero-order chi connectivity index (χ0) is 29.2. The summed E-state index contributed by atoms with van der Waals surface area (Å²) in [6.07, 6.45) is 3.72. The van der Waals surface area contributed by atoms with Crippen molar-refractivity contribution in [2.75, 3.05) is 10.2 Å². The number of rotatable bonds is 5. The lowest BCUT2D eigenvalue weighted by Gasteiger charge is -2.37. The van der Waals surface area contributed by atoms with Gasteiger partial charge in [0.1, 0.15) is 17.3 Å². The fraction of sp³-hybridized carbons (Fsp3) is 0.121. The standard InChI is InChI=1S/C33H22FN3O5/c34-22-15-12-20(13-16-22)30(38)28-29(31(39)21-7-5-8-23(18-21)37(41)42)36-26-11-4-1-6-19(26)14-17-27(36)33(28)24-9-2-3-10-25(24)35-32(33)40/h1-18,27-29H,(H,35,40)/t27-,28-,29+,33+/m0/s1. The molecule has 4 atom stereocenters. The van der Waals surface area contributed by atoms with Crippen molar-refractivity contribution < 1.29 is 23.7 Å². The van der Waals surface area contributed by atoms with Gasteiger partial charge in [0.2, 0.25) is 5.91 Å². The molecule has 4 aromatic carbocycles. The van der Waals surface area contributed by atoms with Crippen LogP contribution in [0.5, 0.6) is 0 Å². The van der Waals surface area contributed by atoms with E-state index in [2.05, 4.69) is 5.32 Å². The van der Waals surface area contributed by atoms with Gasteiger partial charge in [0.25, 0.3) is 5.69 Å². The number of non-ortho nitro benzene ring substituents is 1. The number of amides is 1. The van der Waals surface area contributed by atoms with E-state index in [4.69, 9.17) is 0 Å². The number of nitro groups is 1. The Labute approximate surface area is 239 Å². The molecule has 1 saturated heterocycles. The second-order valence-electron chi connectivity index (χ2n) is 10.6. The third kappa shape index (κ3) is 3.49. The van der Waals surface area contributed by atoms with Gasteiger partial charge in [-0.15, -0.1) is 0 Å². The number of fused-ring (bicyclic) bond motifs is 6. The molecular weight excluding hydrogens is 537 g/mol. The van der Waals surface area contributed by atoms with Gasteiger partial charge in [0, 0.05) is 34.6 Å². The molecule has 1 N–H and O–H groups in total. The molecular formula is C33H22FN3O5. The van der Waals surface area contributed by atoms with E-state index >= 15 is 0 Å². The molecule has 0 radical (unpaired) electrons. The van der Waals surface area contributed by atoms with E-state index < -0.39 is 51.6 Å². The first-order valence-electron chi connectivity index (χ1n) is 13.4. The van der Waals surface area contributed by atoms with E-state index in [1.54, 1.807) is 24.3 Å². The number of nitrogens with zero attached hydrogens (tertiary/aromatic N) is 2. The fourth-order valence-corrected chi connectivity index (χ4v) is 6.86. The van der Waals surface area contributed by atoms with Crippen molar-refractivity contribution >= 4 is 40.6 Å². The van der Waals surface area contributed by atoms with Crippen LogP contribution in [0.25, 0.3) is 6.08 Å². The summed E-state index contributed by atoms with van der Waals surface area (Å²) in [5.74, 6) is -3.28. The Morgan fingerprint density at radius 2 is 1.62 bits per heavy atom. The Morgan fingerprint density at radius 3 is 2.40 bits per heavy atom. The highest BCUT2D eigenvalue weighted by Crippen LogP contribution is 2.58. The number of carbonyl (C=O) groups is 3. The van der Waals surface area contributed by atoms with Gasteiger partial charge in [-0.25, -0.2) is 4.39 Å². The summed E-state index contributed by atoms with van der Waals surface area (Å²) in [4.78, 5) is 56.4. The highest BCUT2D eigenvalue weighted by Gasteiger charge is 2.70. The smallest absolute Gasteiger partial charge is 0.270 e. The predicted octanol–water partition coefficient (Wildman–Crippen LogP) is 5.59. The number of para-hydroxylation sites is 2. The molecule has 1 fully saturated rings. The summed E-state index contributed by atoms with van der Waals surface area (Å²) < 4.78 is 13.9. The lowest BCUT2D eigenvalue weighted by atomic mass is 9.64. The molecule has 1 spiro atoms. The molecule has 206 valence electrons. The molecule has 3 aliphatic heterocycles. The van der Waals surface area contributed by atoms with Crippen LogP contribution in [-0.2, 0) is 10.2 Å². The second-order valence-corrected chi connectivity index (χ2v) is 10.6. The molecule has 0 unspecified atom stereocenters. The summed E-state index contributed by atoms with van der Waals surface area (Å²) in [5.41, 5.74) is 0.940. The van der Waals surface area contributed by atoms with Gasteiger partial charge >= 0.3 is 0 Å². The Hall–Kier alpha value is -5.44. The van der Waals surface area contributed by atoms with Crippen LogP contribution >= 0.6 is 0 Å². The summed E-state index contributed by atoms with van der Waals surface area (Å²) in [6, 6.07) is 22.9. The predicted molar refractivity (Wildman–Crippen MR) is 154 cm³/mol. The number of benzene rings is 4. The maximum Gasteiger partial charge on any atom is 0.270 e. The Morgan fingerprint density at radius 1 is 0.881 bits per heavy atom. The third-order valence-corrected chi connectivity index (χ3v) is 8.56. The van der Waals surface area contributed by atoms with Gasteiger partial charge in [-0.3, -0.25) is 24.5 Å². The van der Waals surface area contributed by atoms with E-state index in [0.717, 1.165) is 17.7 Å². The normalized spacial score (nSPS) is 23.2. The lowest BCUT2D eigenvalue weighted by molar-refractivity contribution is -0.384. The largest absolute Gasteiger partial charge is 0.352 e. The Balaban J connectivity index is 1.53. The summed E-state index contributed by atoms with van der Waals surface area (Å²) in [7, 11) is 0. The highest BCUT2D eigenvalue weighted by molar-refractivity contribution is 6.18. The topological polar surface area (TPSA) is 110 Å². The number of nitrogens with one attached hydrogen (secondary N) is 1. The van der Waals surface area contributed by atoms with Crippen molar-refractivity contribution in [1.82, 2.24) is 0 Å². The summed E-state index contributed by atoms with van der Waals surface area (Å²) in [5, 5.41) is 14.5. The minimum atomic E-state index is -1.53. The van der Waals surface area contributed by atoms with E-state index in [1.807, 2.05) is 41.3 Å². The number of nitro benzene ring substituents is 1. The average Bonchev–Trinajstić information content (AvgIpc) is 3.49. The number of hydrogen-bond donors (Lipinski definition) is 1. The van der Waals surface area contributed by atoms with Crippen LogP contribution in [0.15, 0.2) is 103 Å². The van der Waals surface area contributed by atoms with Crippen LogP contribution in [0.3, 0.4) is 0 Å². The maximum absolute atomic E-state index is 14.6. The third-order valence-electron chi connectivity index (χ3n) is 8.56. The molecule has 8 nitrogen and oxygen atoms in total. The highest BCUT2D eigenvalue weighted by atomic mass is 19.1.